The van der Waals surface area contributed by atoms with E-state index >= 15 is 0 Å². The molecule has 10 nitrogen and oxygen atoms in total. The number of rotatable bonds is 8. The normalized spacial score (nSPS) is 11.5. The zero-order valence-corrected chi connectivity index (χ0v) is 20.6. The van der Waals surface area contributed by atoms with E-state index in [0.717, 1.165) is 4.31 Å². The van der Waals surface area contributed by atoms with E-state index in [1.165, 1.54) is 80.1 Å². The Bertz CT molecular complexity index is 1560. The SMILES string of the molecule is CN(c1ccc(C(=O)Nc2ccc(S(=O)(=O)Nc3ncccn3)cc2)cc1)S(=O)(=O)c1ccccc1. The molecule has 1 aromatic heterocycles. The summed E-state index contributed by atoms with van der Waals surface area (Å²) < 4.78 is 53.9. The zero-order valence-electron chi connectivity index (χ0n) is 18.9. The summed E-state index contributed by atoms with van der Waals surface area (Å²) in [6.07, 6.45) is 2.83. The average Bonchev–Trinajstić information content (AvgIpc) is 2.89. The van der Waals surface area contributed by atoms with Gasteiger partial charge in [-0.25, -0.2) is 31.5 Å². The number of carbonyl (C=O) groups excluding carboxylic acids is 1. The zero-order chi connectivity index (χ0) is 25.8. The van der Waals surface area contributed by atoms with Gasteiger partial charge in [0.2, 0.25) is 5.95 Å². The van der Waals surface area contributed by atoms with Gasteiger partial charge in [0, 0.05) is 30.7 Å². The van der Waals surface area contributed by atoms with Gasteiger partial charge in [-0.05, 0) is 66.7 Å². The van der Waals surface area contributed by atoms with E-state index in [1.54, 1.807) is 24.3 Å². The van der Waals surface area contributed by atoms with E-state index in [4.69, 9.17) is 0 Å². The number of amides is 1. The number of sulfonamides is 2. The van der Waals surface area contributed by atoms with Crippen LogP contribution in [0, 0.1) is 0 Å². The van der Waals surface area contributed by atoms with Crippen LogP contribution in [-0.2, 0) is 20.0 Å². The highest BCUT2D eigenvalue weighted by Gasteiger charge is 2.21. The second kappa shape index (κ2) is 10.1. The van der Waals surface area contributed by atoms with Gasteiger partial charge >= 0.3 is 0 Å². The number of hydrogen-bond acceptors (Lipinski definition) is 7. The van der Waals surface area contributed by atoms with E-state index in [0.29, 0.717) is 16.9 Å². The first-order valence-corrected chi connectivity index (χ1v) is 13.4. The Morgan fingerprint density at radius 3 is 1.97 bits per heavy atom. The largest absolute Gasteiger partial charge is 0.322 e. The smallest absolute Gasteiger partial charge is 0.264 e. The van der Waals surface area contributed by atoms with Crippen molar-refractivity contribution in [2.75, 3.05) is 21.4 Å². The Balaban J connectivity index is 1.43. The van der Waals surface area contributed by atoms with Crippen LogP contribution >= 0.6 is 0 Å². The average molecular weight is 524 g/mol. The lowest BCUT2D eigenvalue weighted by molar-refractivity contribution is 0.102. The molecule has 0 aliphatic heterocycles. The summed E-state index contributed by atoms with van der Waals surface area (Å²) in [5.41, 5.74) is 1.06. The van der Waals surface area contributed by atoms with Crippen molar-refractivity contribution in [3.63, 3.8) is 0 Å². The van der Waals surface area contributed by atoms with Crippen molar-refractivity contribution < 1.29 is 21.6 Å². The molecule has 0 fully saturated rings. The maximum absolute atomic E-state index is 12.8. The van der Waals surface area contributed by atoms with Gasteiger partial charge in [-0.3, -0.25) is 9.10 Å². The quantitative estimate of drug-likeness (QED) is 0.361. The molecule has 4 rings (SSSR count). The third-order valence-electron chi connectivity index (χ3n) is 5.11. The van der Waals surface area contributed by atoms with Crippen molar-refractivity contribution in [1.82, 2.24) is 9.97 Å². The van der Waals surface area contributed by atoms with Gasteiger partial charge in [-0.1, -0.05) is 18.2 Å². The van der Waals surface area contributed by atoms with Crippen molar-refractivity contribution in [2.24, 2.45) is 0 Å². The first kappa shape index (κ1) is 24.8. The molecule has 0 saturated heterocycles. The molecule has 12 heteroatoms. The Morgan fingerprint density at radius 1 is 0.750 bits per heavy atom. The summed E-state index contributed by atoms with van der Waals surface area (Å²) in [5.74, 6) is -0.498. The number of benzene rings is 3. The molecule has 1 amide bonds. The minimum absolute atomic E-state index is 0.0278. The molecule has 3 aromatic carbocycles. The fourth-order valence-electron chi connectivity index (χ4n) is 3.16. The molecule has 2 N–H and O–H groups in total. The summed E-state index contributed by atoms with van der Waals surface area (Å²) in [5, 5.41) is 2.68. The molecule has 0 spiro atoms. The van der Waals surface area contributed by atoms with Gasteiger partial charge in [0.15, 0.2) is 0 Å². The van der Waals surface area contributed by atoms with Gasteiger partial charge in [-0.15, -0.1) is 0 Å². The van der Waals surface area contributed by atoms with E-state index in [2.05, 4.69) is 20.0 Å². The number of carbonyl (C=O) groups is 1. The van der Waals surface area contributed by atoms with Crippen LogP contribution in [0.3, 0.4) is 0 Å². The van der Waals surface area contributed by atoms with Gasteiger partial charge in [-0.2, -0.15) is 0 Å². The standard InChI is InChI=1S/C24H21N5O5S2/c1-29(36(33,34)22-6-3-2-4-7-22)20-12-8-18(9-13-20)23(30)27-19-10-14-21(15-11-19)35(31,32)28-24-25-16-5-17-26-24/h2-17H,1H3,(H,27,30)(H,25,26,28). The number of anilines is 3. The topological polar surface area (TPSA) is 138 Å². The van der Waals surface area contributed by atoms with E-state index in [-0.39, 0.29) is 15.7 Å². The first-order chi connectivity index (χ1) is 17.2. The van der Waals surface area contributed by atoms with Crippen molar-refractivity contribution in [1.29, 1.82) is 0 Å². The molecule has 0 saturated carbocycles. The molecule has 36 heavy (non-hydrogen) atoms. The molecular formula is C24H21N5O5S2. The molecule has 4 aromatic rings. The number of nitrogens with zero attached hydrogens (tertiary/aromatic N) is 3. The van der Waals surface area contributed by atoms with Crippen molar-refractivity contribution >= 4 is 43.3 Å². The van der Waals surface area contributed by atoms with Crippen molar-refractivity contribution in [2.45, 2.75) is 9.79 Å². The van der Waals surface area contributed by atoms with Crippen LogP contribution in [0.25, 0.3) is 0 Å². The fraction of sp³-hybridized carbons (Fsp3) is 0.0417. The second-order valence-electron chi connectivity index (χ2n) is 7.49. The summed E-state index contributed by atoms with van der Waals surface area (Å²) in [6.45, 7) is 0. The molecule has 0 aliphatic rings. The van der Waals surface area contributed by atoms with Crippen LogP contribution in [0.1, 0.15) is 10.4 Å². The second-order valence-corrected chi connectivity index (χ2v) is 11.1. The number of hydrogen-bond donors (Lipinski definition) is 2. The van der Waals surface area contributed by atoms with Crippen LogP contribution < -0.4 is 14.3 Å². The Kier molecular flexibility index (Phi) is 6.99. The summed E-state index contributed by atoms with van der Waals surface area (Å²) >= 11 is 0. The number of nitrogens with one attached hydrogen (secondary N) is 2. The van der Waals surface area contributed by atoms with Crippen LogP contribution in [0.2, 0.25) is 0 Å². The molecular weight excluding hydrogens is 502 g/mol. The highest BCUT2D eigenvalue weighted by Crippen LogP contribution is 2.23. The predicted molar refractivity (Wildman–Crippen MR) is 136 cm³/mol. The van der Waals surface area contributed by atoms with Gasteiger partial charge in [0.25, 0.3) is 26.0 Å². The third kappa shape index (κ3) is 5.50. The Hall–Kier alpha value is -4.29. The summed E-state index contributed by atoms with van der Waals surface area (Å²) in [6, 6.07) is 21.3. The van der Waals surface area contributed by atoms with Crippen molar-refractivity contribution in [3.05, 3.63) is 103 Å². The molecule has 0 radical (unpaired) electrons. The Morgan fingerprint density at radius 2 is 1.36 bits per heavy atom. The first-order valence-electron chi connectivity index (χ1n) is 10.5. The van der Waals surface area contributed by atoms with Crippen LogP contribution in [0.4, 0.5) is 17.3 Å². The fourth-order valence-corrected chi connectivity index (χ4v) is 5.34. The van der Waals surface area contributed by atoms with Gasteiger partial charge in [0.05, 0.1) is 15.5 Å². The van der Waals surface area contributed by atoms with E-state index in [9.17, 15) is 21.6 Å². The van der Waals surface area contributed by atoms with Crippen LogP contribution in [0.15, 0.2) is 107 Å². The van der Waals surface area contributed by atoms with Gasteiger partial charge in [0.1, 0.15) is 0 Å². The van der Waals surface area contributed by atoms with Crippen LogP contribution in [0.5, 0.6) is 0 Å². The van der Waals surface area contributed by atoms with E-state index in [1.807, 2.05) is 0 Å². The third-order valence-corrected chi connectivity index (χ3v) is 8.25. The highest BCUT2D eigenvalue weighted by atomic mass is 32.2. The lowest BCUT2D eigenvalue weighted by atomic mass is 10.2. The molecule has 0 aliphatic carbocycles. The van der Waals surface area contributed by atoms with Gasteiger partial charge < -0.3 is 5.32 Å². The lowest BCUT2D eigenvalue weighted by Crippen LogP contribution is -2.26. The molecule has 0 atom stereocenters. The maximum atomic E-state index is 12.8. The molecule has 184 valence electrons. The minimum Gasteiger partial charge on any atom is -0.322 e. The monoisotopic (exact) mass is 523 g/mol. The summed E-state index contributed by atoms with van der Waals surface area (Å²) in [4.78, 5) is 20.4. The van der Waals surface area contributed by atoms with Crippen LogP contribution in [-0.4, -0.2) is 39.8 Å². The van der Waals surface area contributed by atoms with E-state index < -0.39 is 26.0 Å². The lowest BCUT2D eigenvalue weighted by Gasteiger charge is -2.19. The summed E-state index contributed by atoms with van der Waals surface area (Å²) in [7, 11) is -6.20. The highest BCUT2D eigenvalue weighted by molar-refractivity contribution is 7.93. The molecule has 0 bridgehead atoms. The maximum Gasteiger partial charge on any atom is 0.264 e. The minimum atomic E-state index is -3.90. The predicted octanol–water partition coefficient (Wildman–Crippen LogP) is 3.35. The van der Waals surface area contributed by atoms with Crippen molar-refractivity contribution in [3.8, 4) is 0 Å². The molecule has 0 unspecified atom stereocenters. The molecule has 1 heterocycles. The number of aromatic nitrogens is 2. The Labute approximate surface area is 208 Å².